The summed E-state index contributed by atoms with van der Waals surface area (Å²) in [7, 11) is 0. The number of allylic oxidation sites excluding steroid dienone is 1. The number of benzene rings is 1. The maximum atomic E-state index is 11.9. The molecule has 0 aromatic heterocycles. The molecule has 132 valence electrons. The Morgan fingerprint density at radius 3 is 2.71 bits per heavy atom. The topological polar surface area (TPSA) is 29.5 Å². The first-order valence-electron chi connectivity index (χ1n) is 9.32. The lowest BCUT2D eigenvalue weighted by molar-refractivity contribution is -0.118. The van der Waals surface area contributed by atoms with Crippen molar-refractivity contribution in [3.05, 3.63) is 48.2 Å². The number of rotatable bonds is 10. The summed E-state index contributed by atoms with van der Waals surface area (Å²) in [6.07, 6.45) is 9.22. The van der Waals surface area contributed by atoms with Gasteiger partial charge in [0.1, 0.15) is 5.78 Å². The zero-order chi connectivity index (χ0) is 17.0. The van der Waals surface area contributed by atoms with Crippen LogP contribution in [0.1, 0.15) is 51.0 Å². The fourth-order valence-corrected chi connectivity index (χ4v) is 3.18. The van der Waals surface area contributed by atoms with Crippen molar-refractivity contribution in [2.45, 2.75) is 52.0 Å². The predicted octanol–water partition coefficient (Wildman–Crippen LogP) is 4.58. The molecule has 0 aliphatic carbocycles. The first-order valence-corrected chi connectivity index (χ1v) is 9.32. The van der Waals surface area contributed by atoms with E-state index in [9.17, 15) is 4.79 Å². The van der Waals surface area contributed by atoms with E-state index in [1.165, 1.54) is 18.4 Å². The van der Waals surface area contributed by atoms with E-state index in [0.717, 1.165) is 39.1 Å². The van der Waals surface area contributed by atoms with Gasteiger partial charge in [0.2, 0.25) is 0 Å². The molecular formula is C21H31NO2. The summed E-state index contributed by atoms with van der Waals surface area (Å²) in [5.41, 5.74) is 1.39. The normalized spacial score (nSPS) is 16.5. The molecule has 3 nitrogen and oxygen atoms in total. The molecule has 0 saturated carbocycles. The van der Waals surface area contributed by atoms with E-state index in [2.05, 4.69) is 42.2 Å². The van der Waals surface area contributed by atoms with Gasteiger partial charge in [-0.05, 0) is 56.3 Å². The van der Waals surface area contributed by atoms with Crippen LogP contribution < -0.4 is 0 Å². The van der Waals surface area contributed by atoms with Gasteiger partial charge in [-0.3, -0.25) is 9.69 Å². The maximum absolute atomic E-state index is 11.9. The smallest absolute Gasteiger partial charge is 0.136 e. The number of piperidine rings is 1. The molecule has 0 unspecified atom stereocenters. The molecule has 0 spiro atoms. The van der Waals surface area contributed by atoms with Crippen molar-refractivity contribution in [1.82, 2.24) is 4.90 Å². The van der Waals surface area contributed by atoms with Crippen molar-refractivity contribution in [2.75, 3.05) is 19.7 Å². The van der Waals surface area contributed by atoms with E-state index < -0.39 is 0 Å². The van der Waals surface area contributed by atoms with E-state index in [1.54, 1.807) is 6.26 Å². The van der Waals surface area contributed by atoms with Crippen LogP contribution in [0, 0.1) is 5.92 Å². The van der Waals surface area contributed by atoms with Gasteiger partial charge in [-0.1, -0.05) is 37.3 Å². The standard InChI is InChI=1S/C21H31NO2/c1-2-16-24-17-6-9-21(23)11-10-19-12-14-22(15-13-19)18-20-7-4-3-5-8-20/h3-8,17,19H,2,9-16,18H2,1H3/b17-6+. The van der Waals surface area contributed by atoms with Crippen LogP contribution in [0.5, 0.6) is 0 Å². The molecular weight excluding hydrogens is 298 g/mol. The second-order valence-electron chi connectivity index (χ2n) is 6.73. The van der Waals surface area contributed by atoms with Crippen LogP contribution in [0.3, 0.4) is 0 Å². The van der Waals surface area contributed by atoms with Crippen molar-refractivity contribution in [1.29, 1.82) is 0 Å². The SMILES string of the molecule is CCCO/C=C/CC(=O)CCC1CCN(Cc2ccccc2)CC1. The highest BCUT2D eigenvalue weighted by atomic mass is 16.5. The quantitative estimate of drug-likeness (QED) is 0.465. The van der Waals surface area contributed by atoms with E-state index in [-0.39, 0.29) is 0 Å². The third kappa shape index (κ3) is 7.31. The van der Waals surface area contributed by atoms with Crippen LogP contribution in [0.4, 0.5) is 0 Å². The Balaban J connectivity index is 1.57. The van der Waals surface area contributed by atoms with Gasteiger partial charge in [-0.2, -0.15) is 0 Å². The van der Waals surface area contributed by atoms with Gasteiger partial charge in [0, 0.05) is 19.4 Å². The molecule has 0 amide bonds. The number of hydrogen-bond acceptors (Lipinski definition) is 3. The highest BCUT2D eigenvalue weighted by Gasteiger charge is 2.19. The maximum Gasteiger partial charge on any atom is 0.136 e. The average Bonchev–Trinajstić information content (AvgIpc) is 2.62. The molecule has 0 radical (unpaired) electrons. The van der Waals surface area contributed by atoms with E-state index >= 15 is 0 Å². The molecule has 1 heterocycles. The van der Waals surface area contributed by atoms with Crippen LogP contribution in [-0.4, -0.2) is 30.4 Å². The van der Waals surface area contributed by atoms with Gasteiger partial charge in [0.25, 0.3) is 0 Å². The Morgan fingerprint density at radius 2 is 2.00 bits per heavy atom. The molecule has 0 atom stereocenters. The monoisotopic (exact) mass is 329 g/mol. The number of carbonyl (C=O) groups is 1. The number of Topliss-reactive ketones (excluding diaryl/α,β-unsaturated/α-hetero) is 1. The summed E-state index contributed by atoms with van der Waals surface area (Å²) < 4.78 is 5.25. The highest BCUT2D eigenvalue weighted by Crippen LogP contribution is 2.23. The lowest BCUT2D eigenvalue weighted by atomic mass is 9.91. The number of ketones is 1. The Bertz CT molecular complexity index is 490. The second kappa shape index (κ2) is 11.0. The Hall–Kier alpha value is -1.61. The minimum atomic E-state index is 0.332. The number of nitrogens with zero attached hydrogens (tertiary/aromatic N) is 1. The van der Waals surface area contributed by atoms with Gasteiger partial charge >= 0.3 is 0 Å². The zero-order valence-electron chi connectivity index (χ0n) is 15.0. The summed E-state index contributed by atoms with van der Waals surface area (Å²) in [6.45, 7) is 6.16. The minimum Gasteiger partial charge on any atom is -0.502 e. The molecule has 1 fully saturated rings. The van der Waals surface area contributed by atoms with Crippen molar-refractivity contribution in [2.24, 2.45) is 5.92 Å². The second-order valence-corrected chi connectivity index (χ2v) is 6.73. The molecule has 1 aromatic carbocycles. The third-order valence-corrected chi connectivity index (χ3v) is 4.65. The number of carbonyl (C=O) groups excluding carboxylic acids is 1. The lowest BCUT2D eigenvalue weighted by Crippen LogP contribution is -2.33. The van der Waals surface area contributed by atoms with Gasteiger partial charge in [0.05, 0.1) is 12.9 Å². The van der Waals surface area contributed by atoms with Crippen LogP contribution in [0.25, 0.3) is 0 Å². The molecule has 24 heavy (non-hydrogen) atoms. The highest BCUT2D eigenvalue weighted by molar-refractivity contribution is 5.79. The number of likely N-dealkylation sites (tertiary alicyclic amines) is 1. The largest absolute Gasteiger partial charge is 0.502 e. The van der Waals surface area contributed by atoms with Gasteiger partial charge < -0.3 is 4.74 Å². The molecule has 1 saturated heterocycles. The minimum absolute atomic E-state index is 0.332. The molecule has 0 N–H and O–H groups in total. The van der Waals surface area contributed by atoms with Crippen LogP contribution in [-0.2, 0) is 16.1 Å². The van der Waals surface area contributed by atoms with Crippen LogP contribution in [0.15, 0.2) is 42.7 Å². The van der Waals surface area contributed by atoms with Crippen LogP contribution >= 0.6 is 0 Å². The number of hydrogen-bond donors (Lipinski definition) is 0. The summed E-state index contributed by atoms with van der Waals surface area (Å²) in [5.74, 6) is 1.04. The number of ether oxygens (including phenoxy) is 1. The summed E-state index contributed by atoms with van der Waals surface area (Å²) in [5, 5.41) is 0. The van der Waals surface area contributed by atoms with E-state index in [4.69, 9.17) is 4.74 Å². The van der Waals surface area contributed by atoms with E-state index in [0.29, 0.717) is 24.5 Å². The van der Waals surface area contributed by atoms with Gasteiger partial charge in [-0.15, -0.1) is 0 Å². The van der Waals surface area contributed by atoms with Gasteiger partial charge in [-0.25, -0.2) is 0 Å². The fraction of sp³-hybridized carbons (Fsp3) is 0.571. The summed E-state index contributed by atoms with van der Waals surface area (Å²) >= 11 is 0. The zero-order valence-corrected chi connectivity index (χ0v) is 15.0. The van der Waals surface area contributed by atoms with Crippen molar-refractivity contribution < 1.29 is 9.53 Å². The Labute approximate surface area is 146 Å². The first-order chi connectivity index (χ1) is 11.8. The molecule has 0 bridgehead atoms. The van der Waals surface area contributed by atoms with Crippen molar-refractivity contribution in [3.63, 3.8) is 0 Å². The van der Waals surface area contributed by atoms with E-state index in [1.807, 2.05) is 6.08 Å². The lowest BCUT2D eigenvalue weighted by Gasteiger charge is -2.31. The molecule has 1 aliphatic rings. The first kappa shape index (κ1) is 18.7. The fourth-order valence-electron chi connectivity index (χ4n) is 3.18. The van der Waals surface area contributed by atoms with Crippen molar-refractivity contribution in [3.8, 4) is 0 Å². The molecule has 2 rings (SSSR count). The summed E-state index contributed by atoms with van der Waals surface area (Å²) in [6, 6.07) is 10.7. The average molecular weight is 329 g/mol. The Kier molecular flexibility index (Phi) is 8.61. The third-order valence-electron chi connectivity index (χ3n) is 4.65. The van der Waals surface area contributed by atoms with Crippen molar-refractivity contribution >= 4 is 5.78 Å². The molecule has 3 heteroatoms. The molecule has 1 aliphatic heterocycles. The van der Waals surface area contributed by atoms with Gasteiger partial charge in [0.15, 0.2) is 0 Å². The predicted molar refractivity (Wildman–Crippen MR) is 98.7 cm³/mol. The van der Waals surface area contributed by atoms with Crippen LogP contribution in [0.2, 0.25) is 0 Å². The molecule has 1 aromatic rings. The summed E-state index contributed by atoms with van der Waals surface area (Å²) in [4.78, 5) is 14.4. The Morgan fingerprint density at radius 1 is 1.25 bits per heavy atom.